The molecule has 172 valence electrons. The molecule has 7 heteroatoms. The van der Waals surface area contributed by atoms with Crippen LogP contribution in [0, 0.1) is 6.92 Å². The van der Waals surface area contributed by atoms with Gasteiger partial charge in [0.15, 0.2) is 11.5 Å². The Morgan fingerprint density at radius 2 is 1.56 bits per heavy atom. The number of hydrogen-bond acceptors (Lipinski definition) is 7. The molecule has 0 aliphatic rings. The van der Waals surface area contributed by atoms with Gasteiger partial charge in [0.05, 0.1) is 35.5 Å². The highest BCUT2D eigenvalue weighted by Gasteiger charge is 2.19. The number of carbonyl (C=O) groups is 2. The number of hydrogen-bond donors (Lipinski definition) is 0. The summed E-state index contributed by atoms with van der Waals surface area (Å²) in [6.07, 6.45) is 3.62. The minimum absolute atomic E-state index is 0.251. The Bertz CT molecular complexity index is 992. The van der Waals surface area contributed by atoms with Crippen molar-refractivity contribution in [3.05, 3.63) is 58.7 Å². The first-order valence-corrected chi connectivity index (χ1v) is 10.2. The second-order valence-corrected chi connectivity index (χ2v) is 7.02. The van der Waals surface area contributed by atoms with E-state index in [0.717, 1.165) is 22.3 Å². The molecule has 7 nitrogen and oxygen atoms in total. The summed E-state index contributed by atoms with van der Waals surface area (Å²) in [5.41, 5.74) is 3.71. The molecule has 0 saturated heterocycles. The third-order valence-corrected chi connectivity index (χ3v) is 5.05. The number of allylic oxidation sites excluding steroid dienone is 1. The van der Waals surface area contributed by atoms with Crippen LogP contribution in [0.15, 0.2) is 36.4 Å². The average molecular weight is 443 g/mol. The zero-order valence-electron chi connectivity index (χ0n) is 19.4. The van der Waals surface area contributed by atoms with Gasteiger partial charge in [-0.1, -0.05) is 12.1 Å². The molecule has 0 aromatic heterocycles. The minimum atomic E-state index is -0.482. The molecule has 0 heterocycles. The van der Waals surface area contributed by atoms with Crippen LogP contribution in [0.1, 0.15) is 46.3 Å². The first-order valence-electron chi connectivity index (χ1n) is 10.2. The first kappa shape index (κ1) is 24.8. The van der Waals surface area contributed by atoms with E-state index >= 15 is 0 Å². The van der Waals surface area contributed by atoms with Gasteiger partial charge < -0.3 is 23.7 Å². The highest BCUT2D eigenvalue weighted by atomic mass is 16.5. The first-order chi connectivity index (χ1) is 15.4. The van der Waals surface area contributed by atoms with Crippen molar-refractivity contribution in [2.75, 3.05) is 35.5 Å². The van der Waals surface area contributed by atoms with E-state index in [0.29, 0.717) is 42.1 Å². The predicted molar refractivity (Wildman–Crippen MR) is 122 cm³/mol. The van der Waals surface area contributed by atoms with Gasteiger partial charge in [-0.3, -0.25) is 4.79 Å². The summed E-state index contributed by atoms with van der Waals surface area (Å²) in [4.78, 5) is 23.9. The standard InChI is InChI=1S/C25H30O7/c1-16-13-18(14-20(24(16)31-5)25(27)32-6)19(9-7-8-10-23(26)30-4)17-11-12-21(28-2)22(15-17)29-3/h9,11-15H,7-8,10H2,1-6H3/b19-9-. The molecule has 0 atom stereocenters. The van der Waals surface area contributed by atoms with Crippen LogP contribution in [-0.2, 0) is 14.3 Å². The van der Waals surface area contributed by atoms with Gasteiger partial charge in [0, 0.05) is 6.42 Å². The van der Waals surface area contributed by atoms with E-state index < -0.39 is 5.97 Å². The van der Waals surface area contributed by atoms with Gasteiger partial charge in [0.1, 0.15) is 11.3 Å². The van der Waals surface area contributed by atoms with Crippen molar-refractivity contribution in [3.63, 3.8) is 0 Å². The molecule has 32 heavy (non-hydrogen) atoms. The lowest BCUT2D eigenvalue weighted by molar-refractivity contribution is -0.140. The van der Waals surface area contributed by atoms with Crippen LogP contribution >= 0.6 is 0 Å². The zero-order valence-corrected chi connectivity index (χ0v) is 19.4. The maximum atomic E-state index is 12.4. The van der Waals surface area contributed by atoms with Gasteiger partial charge in [-0.25, -0.2) is 4.79 Å². The number of benzene rings is 2. The fraction of sp³-hybridized carbons (Fsp3) is 0.360. The topological polar surface area (TPSA) is 80.3 Å². The highest BCUT2D eigenvalue weighted by Crippen LogP contribution is 2.36. The monoisotopic (exact) mass is 442 g/mol. The molecule has 0 N–H and O–H groups in total. The lowest BCUT2D eigenvalue weighted by Crippen LogP contribution is -2.07. The zero-order chi connectivity index (χ0) is 23.7. The summed E-state index contributed by atoms with van der Waals surface area (Å²) in [6.45, 7) is 1.87. The van der Waals surface area contributed by atoms with Crippen molar-refractivity contribution >= 4 is 17.5 Å². The molecule has 0 amide bonds. The molecule has 0 fully saturated rings. The second kappa shape index (κ2) is 11.8. The lowest BCUT2D eigenvalue weighted by atomic mass is 9.92. The molecule has 0 spiro atoms. The van der Waals surface area contributed by atoms with Crippen molar-refractivity contribution in [3.8, 4) is 17.2 Å². The van der Waals surface area contributed by atoms with E-state index in [1.165, 1.54) is 21.3 Å². The van der Waals surface area contributed by atoms with Crippen LogP contribution in [0.3, 0.4) is 0 Å². The van der Waals surface area contributed by atoms with Gasteiger partial charge in [-0.2, -0.15) is 0 Å². The Morgan fingerprint density at radius 3 is 2.16 bits per heavy atom. The number of esters is 2. The minimum Gasteiger partial charge on any atom is -0.496 e. The van der Waals surface area contributed by atoms with E-state index in [2.05, 4.69) is 0 Å². The molecule has 0 aliphatic heterocycles. The van der Waals surface area contributed by atoms with Crippen molar-refractivity contribution < 1.29 is 33.3 Å². The van der Waals surface area contributed by atoms with Crippen LogP contribution in [0.4, 0.5) is 0 Å². The number of ether oxygens (including phenoxy) is 5. The Morgan fingerprint density at radius 1 is 0.844 bits per heavy atom. The lowest BCUT2D eigenvalue weighted by Gasteiger charge is -2.16. The van der Waals surface area contributed by atoms with Crippen LogP contribution in [-0.4, -0.2) is 47.5 Å². The number of rotatable bonds is 10. The van der Waals surface area contributed by atoms with Crippen LogP contribution < -0.4 is 14.2 Å². The van der Waals surface area contributed by atoms with Crippen molar-refractivity contribution in [1.29, 1.82) is 0 Å². The summed E-state index contributed by atoms with van der Waals surface area (Å²) in [6, 6.07) is 9.33. The molecule has 2 rings (SSSR count). The maximum absolute atomic E-state index is 12.4. The van der Waals surface area contributed by atoms with E-state index in [4.69, 9.17) is 23.7 Å². The maximum Gasteiger partial charge on any atom is 0.341 e. The Balaban J connectivity index is 2.60. The van der Waals surface area contributed by atoms with Gasteiger partial charge in [0.25, 0.3) is 0 Å². The fourth-order valence-corrected chi connectivity index (χ4v) is 3.46. The summed E-state index contributed by atoms with van der Waals surface area (Å²) in [7, 11) is 7.39. The number of aryl methyl sites for hydroxylation is 1. The number of carbonyl (C=O) groups excluding carboxylic acids is 2. The third kappa shape index (κ3) is 5.81. The second-order valence-electron chi connectivity index (χ2n) is 7.02. The van der Waals surface area contributed by atoms with E-state index in [9.17, 15) is 9.59 Å². The molecule has 0 saturated carbocycles. The van der Waals surface area contributed by atoms with E-state index in [-0.39, 0.29) is 5.97 Å². The highest BCUT2D eigenvalue weighted by molar-refractivity contribution is 5.95. The largest absolute Gasteiger partial charge is 0.496 e. The third-order valence-electron chi connectivity index (χ3n) is 5.05. The number of unbranched alkanes of at least 4 members (excludes halogenated alkanes) is 1. The van der Waals surface area contributed by atoms with Crippen molar-refractivity contribution in [2.24, 2.45) is 0 Å². The molecule has 2 aromatic rings. The summed E-state index contributed by atoms with van der Waals surface area (Å²) < 4.78 is 25.9. The molecule has 0 radical (unpaired) electrons. The molecule has 0 unspecified atom stereocenters. The van der Waals surface area contributed by atoms with Gasteiger partial charge in [-0.15, -0.1) is 0 Å². The van der Waals surface area contributed by atoms with Gasteiger partial charge in [0.2, 0.25) is 0 Å². The SMILES string of the molecule is COC(=O)CCC/C=C(/c1ccc(OC)c(OC)c1)c1cc(C)c(OC)c(C(=O)OC)c1. The fourth-order valence-electron chi connectivity index (χ4n) is 3.46. The normalized spacial score (nSPS) is 11.0. The quantitative estimate of drug-likeness (QED) is 0.393. The Labute approximate surface area is 188 Å². The van der Waals surface area contributed by atoms with Crippen molar-refractivity contribution in [2.45, 2.75) is 26.2 Å². The van der Waals surface area contributed by atoms with E-state index in [1.54, 1.807) is 20.3 Å². The molecule has 2 aromatic carbocycles. The van der Waals surface area contributed by atoms with Crippen LogP contribution in [0.2, 0.25) is 0 Å². The van der Waals surface area contributed by atoms with E-state index in [1.807, 2.05) is 37.3 Å². The molecular formula is C25H30O7. The molecule has 0 bridgehead atoms. The molecular weight excluding hydrogens is 412 g/mol. The van der Waals surface area contributed by atoms with Crippen LogP contribution in [0.25, 0.3) is 5.57 Å². The molecule has 0 aliphatic carbocycles. The van der Waals surface area contributed by atoms with Crippen molar-refractivity contribution in [1.82, 2.24) is 0 Å². The average Bonchev–Trinajstić information content (AvgIpc) is 2.82. The summed E-state index contributed by atoms with van der Waals surface area (Å²) in [5, 5.41) is 0. The van der Waals surface area contributed by atoms with Gasteiger partial charge in [-0.05, 0) is 66.3 Å². The smallest absolute Gasteiger partial charge is 0.341 e. The predicted octanol–water partition coefficient (Wildman–Crippen LogP) is 4.58. The van der Waals surface area contributed by atoms with Gasteiger partial charge >= 0.3 is 11.9 Å². The summed E-state index contributed by atoms with van der Waals surface area (Å²) in [5.74, 6) is 0.938. The number of methoxy groups -OCH3 is 5. The Kier molecular flexibility index (Phi) is 9.13. The Hall–Kier alpha value is -3.48. The van der Waals surface area contributed by atoms with Crippen LogP contribution in [0.5, 0.6) is 17.2 Å². The summed E-state index contributed by atoms with van der Waals surface area (Å²) >= 11 is 0.